The van der Waals surface area contributed by atoms with Gasteiger partial charge in [-0.25, -0.2) is 0 Å². The van der Waals surface area contributed by atoms with Gasteiger partial charge in [-0.2, -0.15) is 0 Å². The number of allylic oxidation sites excluding steroid dienone is 1. The van der Waals surface area contributed by atoms with Crippen LogP contribution in [0.15, 0.2) is 23.8 Å². The van der Waals surface area contributed by atoms with Gasteiger partial charge in [0.15, 0.2) is 0 Å². The minimum absolute atomic E-state index is 0.863. The first-order chi connectivity index (χ1) is 6.24. The van der Waals surface area contributed by atoms with Gasteiger partial charge in [0, 0.05) is 19.6 Å². The number of nitrogens with zero attached hydrogens (tertiary/aromatic N) is 1. The molecule has 1 fully saturated rings. The monoisotopic (exact) mass is 181 g/mol. The predicted molar refractivity (Wildman–Crippen MR) is 55.8 cm³/mol. The van der Waals surface area contributed by atoms with Crippen LogP contribution in [0.2, 0.25) is 0 Å². The highest BCUT2D eigenvalue weighted by molar-refractivity contribution is 5.26. The van der Waals surface area contributed by atoms with Gasteiger partial charge in [0.2, 0.25) is 0 Å². The molecule has 0 saturated carbocycles. The van der Waals surface area contributed by atoms with Crippen LogP contribution >= 0.6 is 0 Å². The number of hydrogen-bond acceptors (Lipinski definition) is 2. The lowest BCUT2D eigenvalue weighted by Crippen LogP contribution is -2.37. The second-order valence-electron chi connectivity index (χ2n) is 3.46. The fourth-order valence-corrected chi connectivity index (χ4v) is 1.36. The van der Waals surface area contributed by atoms with Crippen LogP contribution < -0.4 is 0 Å². The third-order valence-electron chi connectivity index (χ3n) is 2.51. The van der Waals surface area contributed by atoms with E-state index in [0.29, 0.717) is 0 Å². The number of morpholine rings is 1. The number of ether oxygens (including phenoxy) is 1. The van der Waals surface area contributed by atoms with Crippen LogP contribution in [0.25, 0.3) is 0 Å². The summed E-state index contributed by atoms with van der Waals surface area (Å²) in [6.07, 6.45) is 2.11. The van der Waals surface area contributed by atoms with E-state index in [4.69, 9.17) is 4.74 Å². The topological polar surface area (TPSA) is 12.5 Å². The summed E-state index contributed by atoms with van der Waals surface area (Å²) in [6, 6.07) is 0. The summed E-state index contributed by atoms with van der Waals surface area (Å²) in [5.41, 5.74) is 2.52. The second-order valence-corrected chi connectivity index (χ2v) is 3.46. The summed E-state index contributed by atoms with van der Waals surface area (Å²) in [6.45, 7) is 13.0. The molecule has 0 atom stereocenters. The summed E-state index contributed by atoms with van der Waals surface area (Å²) in [5, 5.41) is 0. The van der Waals surface area contributed by atoms with Crippen molar-refractivity contribution < 1.29 is 4.74 Å². The van der Waals surface area contributed by atoms with Crippen LogP contribution in [0.4, 0.5) is 0 Å². The first kappa shape index (κ1) is 10.5. The number of rotatable bonds is 3. The van der Waals surface area contributed by atoms with Gasteiger partial charge >= 0.3 is 0 Å². The molecule has 74 valence electrons. The highest BCUT2D eigenvalue weighted by atomic mass is 16.5. The molecule has 1 aliphatic heterocycles. The Morgan fingerprint density at radius 2 is 2.08 bits per heavy atom. The predicted octanol–water partition coefficient (Wildman–Crippen LogP) is 1.84. The normalized spacial score (nSPS) is 20.3. The molecule has 2 nitrogen and oxygen atoms in total. The Morgan fingerprint density at radius 1 is 1.46 bits per heavy atom. The van der Waals surface area contributed by atoms with E-state index in [0.717, 1.165) is 32.8 Å². The third kappa shape index (κ3) is 3.33. The van der Waals surface area contributed by atoms with Gasteiger partial charge in [-0.15, -0.1) is 0 Å². The Hall–Kier alpha value is -0.600. The molecule has 1 rings (SSSR count). The van der Waals surface area contributed by atoms with E-state index in [1.165, 1.54) is 11.1 Å². The summed E-state index contributed by atoms with van der Waals surface area (Å²) >= 11 is 0. The molecular weight excluding hydrogens is 162 g/mol. The zero-order valence-corrected chi connectivity index (χ0v) is 8.68. The van der Waals surface area contributed by atoms with Crippen molar-refractivity contribution in [2.24, 2.45) is 0 Å². The lowest BCUT2D eigenvalue weighted by molar-refractivity contribution is 0.0425. The maximum atomic E-state index is 5.28. The molecule has 0 radical (unpaired) electrons. The Labute approximate surface area is 80.9 Å². The molecule has 0 aromatic rings. The van der Waals surface area contributed by atoms with E-state index in [1.807, 2.05) is 0 Å². The van der Waals surface area contributed by atoms with Crippen LogP contribution in [0.5, 0.6) is 0 Å². The van der Waals surface area contributed by atoms with E-state index in [9.17, 15) is 0 Å². The van der Waals surface area contributed by atoms with Gasteiger partial charge in [-0.3, -0.25) is 4.90 Å². The molecule has 0 unspecified atom stereocenters. The lowest BCUT2D eigenvalue weighted by atomic mass is 10.1. The van der Waals surface area contributed by atoms with Gasteiger partial charge in [0.05, 0.1) is 13.2 Å². The summed E-state index contributed by atoms with van der Waals surface area (Å²) < 4.78 is 5.28. The second kappa shape index (κ2) is 5.20. The van der Waals surface area contributed by atoms with E-state index in [1.54, 1.807) is 0 Å². The Balaban J connectivity index is 2.34. The van der Waals surface area contributed by atoms with Crippen LogP contribution in [-0.2, 0) is 4.74 Å². The van der Waals surface area contributed by atoms with Gasteiger partial charge in [-0.1, -0.05) is 18.2 Å². The van der Waals surface area contributed by atoms with Crippen molar-refractivity contribution in [1.29, 1.82) is 0 Å². The van der Waals surface area contributed by atoms with Crippen molar-refractivity contribution in [2.75, 3.05) is 32.8 Å². The smallest absolute Gasteiger partial charge is 0.0594 e. The van der Waals surface area contributed by atoms with Gasteiger partial charge in [-0.05, 0) is 19.4 Å². The molecule has 0 aromatic heterocycles. The Bertz CT molecular complexity index is 202. The van der Waals surface area contributed by atoms with Crippen molar-refractivity contribution in [2.45, 2.75) is 13.8 Å². The first-order valence-electron chi connectivity index (χ1n) is 4.85. The van der Waals surface area contributed by atoms with E-state index in [2.05, 4.69) is 31.4 Å². The number of hydrogen-bond donors (Lipinski definition) is 0. The first-order valence-corrected chi connectivity index (χ1v) is 4.85. The van der Waals surface area contributed by atoms with Crippen LogP contribution in [0.1, 0.15) is 13.8 Å². The van der Waals surface area contributed by atoms with Gasteiger partial charge < -0.3 is 4.74 Å². The summed E-state index contributed by atoms with van der Waals surface area (Å²) in [5.74, 6) is 0. The minimum Gasteiger partial charge on any atom is -0.379 e. The van der Waals surface area contributed by atoms with Crippen molar-refractivity contribution >= 4 is 0 Å². The maximum Gasteiger partial charge on any atom is 0.0594 e. The van der Waals surface area contributed by atoms with Crippen molar-refractivity contribution in [1.82, 2.24) is 4.90 Å². The third-order valence-corrected chi connectivity index (χ3v) is 2.51. The van der Waals surface area contributed by atoms with E-state index >= 15 is 0 Å². The average Bonchev–Trinajstić information content (AvgIpc) is 2.18. The fourth-order valence-electron chi connectivity index (χ4n) is 1.36. The average molecular weight is 181 g/mol. The molecule has 0 spiro atoms. The lowest BCUT2D eigenvalue weighted by Gasteiger charge is -2.27. The van der Waals surface area contributed by atoms with Gasteiger partial charge in [0.1, 0.15) is 0 Å². The molecule has 13 heavy (non-hydrogen) atoms. The van der Waals surface area contributed by atoms with Crippen LogP contribution in [0.3, 0.4) is 0 Å². The molecule has 1 aliphatic rings. The minimum atomic E-state index is 0.863. The highest BCUT2D eigenvalue weighted by Crippen LogP contribution is 2.09. The van der Waals surface area contributed by atoms with E-state index < -0.39 is 0 Å². The SMILES string of the molecule is C=C(CN1CCOCC1)/C(C)=C\C. The van der Waals surface area contributed by atoms with Crippen LogP contribution in [-0.4, -0.2) is 37.7 Å². The fraction of sp³-hybridized carbons (Fsp3) is 0.636. The Morgan fingerprint density at radius 3 is 2.62 bits per heavy atom. The van der Waals surface area contributed by atoms with Crippen molar-refractivity contribution in [3.63, 3.8) is 0 Å². The molecule has 0 aromatic carbocycles. The molecule has 1 heterocycles. The van der Waals surface area contributed by atoms with E-state index in [-0.39, 0.29) is 0 Å². The highest BCUT2D eigenvalue weighted by Gasteiger charge is 2.11. The van der Waals surface area contributed by atoms with Crippen molar-refractivity contribution in [3.8, 4) is 0 Å². The quantitative estimate of drug-likeness (QED) is 0.616. The summed E-state index contributed by atoms with van der Waals surface area (Å²) in [7, 11) is 0. The van der Waals surface area contributed by atoms with Crippen molar-refractivity contribution in [3.05, 3.63) is 23.8 Å². The molecule has 0 amide bonds. The van der Waals surface area contributed by atoms with Gasteiger partial charge in [0.25, 0.3) is 0 Å². The molecular formula is C11H19NO. The Kier molecular flexibility index (Phi) is 4.19. The maximum absolute atomic E-state index is 5.28. The standard InChI is InChI=1S/C11H19NO/c1-4-10(2)11(3)9-12-5-7-13-8-6-12/h4H,3,5-9H2,1-2H3/b10-4-. The molecule has 0 aliphatic carbocycles. The van der Waals surface area contributed by atoms with Crippen LogP contribution in [0, 0.1) is 0 Å². The zero-order chi connectivity index (χ0) is 9.68. The molecule has 1 saturated heterocycles. The molecule has 2 heteroatoms. The summed E-state index contributed by atoms with van der Waals surface area (Å²) in [4.78, 5) is 2.39. The molecule has 0 N–H and O–H groups in total. The zero-order valence-electron chi connectivity index (χ0n) is 8.68. The molecule has 0 bridgehead atoms. The largest absolute Gasteiger partial charge is 0.379 e.